The predicted molar refractivity (Wildman–Crippen MR) is 45.1 cm³/mol. The molecule has 0 aliphatic carbocycles. The van der Waals surface area contributed by atoms with Crippen LogP contribution >= 0.6 is 0 Å². The van der Waals surface area contributed by atoms with Crippen LogP contribution in [0.5, 0.6) is 0 Å². The van der Waals surface area contributed by atoms with Gasteiger partial charge in [-0.1, -0.05) is 32.4 Å². The Kier molecular flexibility index (Phi) is 5.36. The molecule has 0 bridgehead atoms. The molecule has 0 unspecified atom stereocenters. The van der Waals surface area contributed by atoms with Crippen LogP contribution in [0.4, 0.5) is 0 Å². The molecule has 0 amide bonds. The van der Waals surface area contributed by atoms with Gasteiger partial charge in [0.1, 0.15) is 15.7 Å². The van der Waals surface area contributed by atoms with Crippen molar-refractivity contribution in [1.29, 1.82) is 0 Å². The maximum atomic E-state index is 2.34. The molecular formula is C6H16B2. The molecular weight excluding hydrogens is 93.7 g/mol. The summed E-state index contributed by atoms with van der Waals surface area (Å²) >= 11 is 0. The molecule has 0 nitrogen and oxygen atoms in total. The van der Waals surface area contributed by atoms with Gasteiger partial charge >= 0.3 is 0 Å². The highest BCUT2D eigenvalue weighted by Crippen LogP contribution is 2.09. The molecule has 0 aliphatic heterocycles. The third-order valence-electron chi connectivity index (χ3n) is 1.56. The van der Waals surface area contributed by atoms with Gasteiger partial charge in [-0.2, -0.15) is 0 Å². The molecule has 8 heavy (non-hydrogen) atoms. The minimum atomic E-state index is 0.963. The summed E-state index contributed by atoms with van der Waals surface area (Å²) in [5.41, 5.74) is 0. The summed E-state index contributed by atoms with van der Waals surface area (Å²) in [6.07, 6.45) is 5.52. The van der Waals surface area contributed by atoms with Crippen LogP contribution in [-0.4, -0.2) is 15.7 Å². The highest BCUT2D eigenvalue weighted by molar-refractivity contribution is 6.08. The van der Waals surface area contributed by atoms with Crippen molar-refractivity contribution in [1.82, 2.24) is 0 Å². The number of hydrogen-bond donors (Lipinski definition) is 0. The van der Waals surface area contributed by atoms with E-state index in [4.69, 9.17) is 0 Å². The van der Waals surface area contributed by atoms with Crippen LogP contribution < -0.4 is 0 Å². The first-order valence-electron chi connectivity index (χ1n) is 3.81. The average Bonchev–Trinajstić information content (AvgIpc) is 1.68. The molecule has 0 aromatic heterocycles. The van der Waals surface area contributed by atoms with Crippen molar-refractivity contribution in [3.8, 4) is 0 Å². The SMILES string of the molecule is BCCC(C)CCB. The third kappa shape index (κ3) is 4.29. The largest absolute Gasteiger partial charge is 0.101 e. The first kappa shape index (κ1) is 8.13. The van der Waals surface area contributed by atoms with Crippen molar-refractivity contribution < 1.29 is 0 Å². The normalized spacial score (nSPS) is 10.2. The number of hydrogen-bond acceptors (Lipinski definition) is 0. The van der Waals surface area contributed by atoms with E-state index in [1.807, 2.05) is 0 Å². The summed E-state index contributed by atoms with van der Waals surface area (Å²) in [5, 5.41) is 0. The molecule has 0 aromatic rings. The maximum Gasteiger partial charge on any atom is 0.101 e. The Balaban J connectivity index is 2.92. The smallest absolute Gasteiger partial charge is 0.0808 e. The van der Waals surface area contributed by atoms with E-state index >= 15 is 0 Å². The van der Waals surface area contributed by atoms with E-state index < -0.39 is 0 Å². The first-order valence-corrected chi connectivity index (χ1v) is 3.81. The van der Waals surface area contributed by atoms with E-state index in [1.165, 1.54) is 25.5 Å². The highest BCUT2D eigenvalue weighted by Gasteiger charge is 1.95. The molecule has 0 radical (unpaired) electrons. The van der Waals surface area contributed by atoms with Crippen LogP contribution in [0, 0.1) is 5.92 Å². The summed E-state index contributed by atoms with van der Waals surface area (Å²) in [6, 6.07) is 0. The molecule has 0 aromatic carbocycles. The lowest BCUT2D eigenvalue weighted by molar-refractivity contribution is 0.544. The van der Waals surface area contributed by atoms with Crippen molar-refractivity contribution in [2.45, 2.75) is 32.4 Å². The van der Waals surface area contributed by atoms with Crippen molar-refractivity contribution >= 4 is 15.7 Å². The molecule has 0 fully saturated rings. The maximum absolute atomic E-state index is 2.34. The van der Waals surface area contributed by atoms with Crippen LogP contribution in [0.25, 0.3) is 0 Å². The highest BCUT2D eigenvalue weighted by atomic mass is 14.0. The molecule has 46 valence electrons. The van der Waals surface area contributed by atoms with Crippen LogP contribution in [0.1, 0.15) is 19.8 Å². The predicted octanol–water partition coefficient (Wildman–Crippen LogP) is 0.505. The Morgan fingerprint density at radius 2 is 1.50 bits per heavy atom. The standard InChI is InChI=1S/C6H16B2/c1-6(2-4-7)3-5-8/h6H,2-5,7-8H2,1H3. The van der Waals surface area contributed by atoms with Crippen molar-refractivity contribution in [3.05, 3.63) is 0 Å². The van der Waals surface area contributed by atoms with Gasteiger partial charge < -0.3 is 0 Å². The van der Waals surface area contributed by atoms with Crippen molar-refractivity contribution in [2.24, 2.45) is 5.92 Å². The first-order chi connectivity index (χ1) is 3.81. The zero-order valence-electron chi connectivity index (χ0n) is 6.41. The molecule has 0 N–H and O–H groups in total. The van der Waals surface area contributed by atoms with Gasteiger partial charge in [-0.25, -0.2) is 0 Å². The molecule has 0 rings (SSSR count). The minimum Gasteiger partial charge on any atom is -0.0808 e. The summed E-state index contributed by atoms with van der Waals surface area (Å²) in [7, 11) is 4.51. The Hall–Kier alpha value is 0.130. The Bertz CT molecular complexity index is 39.8. The summed E-state index contributed by atoms with van der Waals surface area (Å²) in [5.74, 6) is 0.963. The summed E-state index contributed by atoms with van der Waals surface area (Å²) < 4.78 is 0. The van der Waals surface area contributed by atoms with Gasteiger partial charge in [0.25, 0.3) is 0 Å². The zero-order chi connectivity index (χ0) is 6.41. The molecule has 0 saturated heterocycles. The summed E-state index contributed by atoms with van der Waals surface area (Å²) in [4.78, 5) is 0. The zero-order valence-corrected chi connectivity index (χ0v) is 6.41. The van der Waals surface area contributed by atoms with E-state index in [-0.39, 0.29) is 0 Å². The Labute approximate surface area is 54.9 Å². The van der Waals surface area contributed by atoms with Crippen molar-refractivity contribution in [2.75, 3.05) is 0 Å². The quantitative estimate of drug-likeness (QED) is 0.462. The van der Waals surface area contributed by atoms with E-state index in [9.17, 15) is 0 Å². The van der Waals surface area contributed by atoms with Gasteiger partial charge in [-0.15, -0.1) is 0 Å². The molecule has 0 heterocycles. The second-order valence-corrected chi connectivity index (χ2v) is 2.68. The Morgan fingerprint density at radius 3 is 1.75 bits per heavy atom. The Morgan fingerprint density at radius 1 is 1.12 bits per heavy atom. The van der Waals surface area contributed by atoms with Gasteiger partial charge in [-0.3, -0.25) is 0 Å². The fourth-order valence-electron chi connectivity index (χ4n) is 1.13. The van der Waals surface area contributed by atoms with Crippen LogP contribution in [0.15, 0.2) is 0 Å². The van der Waals surface area contributed by atoms with Crippen LogP contribution in [0.3, 0.4) is 0 Å². The third-order valence-corrected chi connectivity index (χ3v) is 1.56. The van der Waals surface area contributed by atoms with E-state index in [2.05, 4.69) is 22.6 Å². The summed E-state index contributed by atoms with van der Waals surface area (Å²) in [6.45, 7) is 2.34. The van der Waals surface area contributed by atoms with Gasteiger partial charge in [0, 0.05) is 0 Å². The minimum absolute atomic E-state index is 0.963. The lowest BCUT2D eigenvalue weighted by Crippen LogP contribution is -1.92. The van der Waals surface area contributed by atoms with Gasteiger partial charge in [0.2, 0.25) is 0 Å². The molecule has 2 heteroatoms. The molecule has 0 atom stereocenters. The van der Waals surface area contributed by atoms with Crippen LogP contribution in [0.2, 0.25) is 12.6 Å². The van der Waals surface area contributed by atoms with E-state index in [0.717, 1.165) is 5.92 Å². The topological polar surface area (TPSA) is 0 Å². The fraction of sp³-hybridized carbons (Fsp3) is 1.00. The van der Waals surface area contributed by atoms with Crippen LogP contribution in [-0.2, 0) is 0 Å². The lowest BCUT2D eigenvalue weighted by atomic mass is 9.88. The number of rotatable bonds is 4. The van der Waals surface area contributed by atoms with E-state index in [0.29, 0.717) is 0 Å². The lowest BCUT2D eigenvalue weighted by Gasteiger charge is -2.05. The molecule has 0 spiro atoms. The average molecular weight is 110 g/mol. The van der Waals surface area contributed by atoms with Gasteiger partial charge in [0.15, 0.2) is 0 Å². The molecule has 0 saturated carbocycles. The monoisotopic (exact) mass is 110 g/mol. The fourth-order valence-corrected chi connectivity index (χ4v) is 1.13. The van der Waals surface area contributed by atoms with E-state index in [1.54, 1.807) is 0 Å². The second-order valence-electron chi connectivity index (χ2n) is 2.68. The molecule has 0 aliphatic rings. The van der Waals surface area contributed by atoms with Gasteiger partial charge in [-0.05, 0) is 5.92 Å². The second kappa shape index (κ2) is 5.27. The van der Waals surface area contributed by atoms with Gasteiger partial charge in [0.05, 0.1) is 0 Å². The van der Waals surface area contributed by atoms with Crippen molar-refractivity contribution in [3.63, 3.8) is 0 Å².